The number of fused-ring (bicyclic) bond motifs is 4. The fourth-order valence-corrected chi connectivity index (χ4v) is 6.71. The topological polar surface area (TPSA) is 223 Å². The van der Waals surface area contributed by atoms with Crippen LogP contribution >= 0.6 is 16.5 Å². The first-order valence-corrected chi connectivity index (χ1v) is 14.8. The maximum atomic E-state index is 15.7. The first-order valence-electron chi connectivity index (χ1n) is 12.6. The average Bonchev–Trinajstić information content (AvgIpc) is 3.72. The number of aromatic amines is 1. The molecule has 0 radical (unpaired) electrons. The third-order valence-electron chi connectivity index (χ3n) is 7.09. The highest BCUT2D eigenvalue weighted by Gasteiger charge is 2.55. The van der Waals surface area contributed by atoms with Crippen molar-refractivity contribution >= 4 is 44.7 Å². The Balaban J connectivity index is 1.10. The molecule has 0 aromatic carbocycles. The second kappa shape index (κ2) is 10.7. The van der Waals surface area contributed by atoms with Gasteiger partial charge >= 0.3 is 16.5 Å². The van der Waals surface area contributed by atoms with Crippen LogP contribution in [-0.4, -0.2) is 82.8 Å². The summed E-state index contributed by atoms with van der Waals surface area (Å²) in [7, 11) is -5.62. The van der Waals surface area contributed by atoms with E-state index in [-0.39, 0.29) is 41.2 Å². The molecular weight excluding hydrogens is 603 g/mol. The van der Waals surface area contributed by atoms with E-state index < -0.39 is 71.7 Å². The van der Waals surface area contributed by atoms with Crippen molar-refractivity contribution in [3.63, 3.8) is 0 Å². The molecule has 3 N–H and O–H groups in total. The smallest absolute Gasteiger partial charge is 0.382 e. The number of imidazole rings is 2. The molecule has 4 aromatic heterocycles. The number of alkyl halides is 1. The van der Waals surface area contributed by atoms with Crippen LogP contribution in [0.5, 0.6) is 0 Å². The standard InChI is InChI=1S/C21H21FN9O9P2/c1-8-28-19-15(20(32)29-8)27-6-30(19)12-2-9-10(37-12)3-35-42(34)40-16-11(4-36-41(33)39-9)38-21(13(16)22)31-7-26-14-17(23)24-5-25-18(14)31/h5-7,9-13,16,21H,2-4H2,1H3,(H2-,23,24,25,28,29,32)/q+1/p+1/t9-,10+,11+,12+,13+,16+,21+/m0/s1. The molecule has 0 saturated carbocycles. The van der Waals surface area contributed by atoms with E-state index in [0.29, 0.717) is 5.82 Å². The lowest BCUT2D eigenvalue weighted by Crippen LogP contribution is -2.34. The number of hydrogen-bond acceptors (Lipinski definition) is 15. The molecule has 3 saturated heterocycles. The van der Waals surface area contributed by atoms with Gasteiger partial charge in [-0.1, -0.05) is 0 Å². The second-order valence-corrected chi connectivity index (χ2v) is 11.5. The zero-order chi connectivity index (χ0) is 29.1. The van der Waals surface area contributed by atoms with E-state index in [2.05, 4.69) is 29.9 Å². The van der Waals surface area contributed by atoms with Crippen molar-refractivity contribution in [3.05, 3.63) is 35.2 Å². The third-order valence-corrected chi connectivity index (χ3v) is 8.67. The van der Waals surface area contributed by atoms with E-state index in [9.17, 15) is 13.9 Å². The molecule has 7 rings (SSSR count). The second-order valence-electron chi connectivity index (χ2n) is 9.69. The van der Waals surface area contributed by atoms with Crippen molar-refractivity contribution < 1.29 is 41.1 Å². The molecule has 9 atom stereocenters. The quantitative estimate of drug-likeness (QED) is 0.301. The van der Waals surface area contributed by atoms with Crippen LogP contribution in [-0.2, 0) is 36.7 Å². The number of ether oxygens (including phenoxy) is 2. The van der Waals surface area contributed by atoms with Gasteiger partial charge in [-0.3, -0.25) is 13.9 Å². The Kier molecular flexibility index (Phi) is 6.99. The molecule has 2 unspecified atom stereocenters. The molecule has 0 spiro atoms. The van der Waals surface area contributed by atoms with Crippen LogP contribution in [0.3, 0.4) is 0 Å². The summed E-state index contributed by atoms with van der Waals surface area (Å²) < 4.78 is 78.0. The Morgan fingerprint density at radius 1 is 0.952 bits per heavy atom. The summed E-state index contributed by atoms with van der Waals surface area (Å²) in [6.07, 6.45) is -4.23. The minimum Gasteiger partial charge on any atom is -0.382 e. The summed E-state index contributed by atoms with van der Waals surface area (Å²) >= 11 is 0. The molecule has 7 heterocycles. The normalized spacial score (nSPS) is 32.5. The molecule has 18 nitrogen and oxygen atoms in total. The van der Waals surface area contributed by atoms with Crippen LogP contribution in [0.15, 0.2) is 23.8 Å². The summed E-state index contributed by atoms with van der Waals surface area (Å²) in [5, 5.41) is 0. The monoisotopic (exact) mass is 625 g/mol. The fraction of sp³-hybridized carbons (Fsp3) is 0.524. The number of anilines is 1. The Bertz CT molecular complexity index is 1770. The van der Waals surface area contributed by atoms with Crippen molar-refractivity contribution in [3.8, 4) is 0 Å². The van der Waals surface area contributed by atoms with Gasteiger partial charge in [0.2, 0.25) is 0 Å². The van der Waals surface area contributed by atoms with Gasteiger partial charge in [0.15, 0.2) is 41.1 Å². The summed E-state index contributed by atoms with van der Waals surface area (Å²) in [5.74, 6) is 0.476. The highest BCUT2D eigenvalue weighted by Crippen LogP contribution is 2.44. The predicted octanol–water partition coefficient (Wildman–Crippen LogP) is 1.51. The lowest BCUT2D eigenvalue weighted by molar-refractivity contribution is -0.0529. The first kappa shape index (κ1) is 27.4. The molecule has 3 aliphatic heterocycles. The van der Waals surface area contributed by atoms with Crippen LogP contribution in [0.25, 0.3) is 22.3 Å². The van der Waals surface area contributed by atoms with Crippen molar-refractivity contribution in [2.45, 2.75) is 56.4 Å². The molecule has 21 heteroatoms. The molecule has 3 fully saturated rings. The zero-order valence-corrected chi connectivity index (χ0v) is 23.3. The van der Waals surface area contributed by atoms with Crippen LogP contribution in [0.2, 0.25) is 0 Å². The van der Waals surface area contributed by atoms with Gasteiger partial charge in [-0.2, -0.15) is 0 Å². The van der Waals surface area contributed by atoms with E-state index in [4.69, 9.17) is 33.3 Å². The number of aromatic nitrogens is 8. The number of nitrogens with zero attached hydrogens (tertiary/aromatic N) is 7. The molecule has 0 aliphatic carbocycles. The SMILES string of the molecule is Cc1nc2c(ncn2[C@H]2C[C@@H]3O[P+](=O)OC[C@H]4O[C@@H](n5cnc6c(N)ncnc65)[C@H](F)[C@@H]4O[P+](=O)OC[C@H]3O2)c(=O)[nH]1. The summed E-state index contributed by atoms with van der Waals surface area (Å²) in [4.78, 5) is 35.4. The molecular formula is C21H22FN9O9P2+2. The van der Waals surface area contributed by atoms with Crippen LogP contribution in [0.4, 0.5) is 10.2 Å². The fourth-order valence-electron chi connectivity index (χ4n) is 5.15. The van der Waals surface area contributed by atoms with E-state index in [1.165, 1.54) is 23.5 Å². The summed E-state index contributed by atoms with van der Waals surface area (Å²) in [5.41, 5.74) is 6.27. The van der Waals surface area contributed by atoms with Crippen LogP contribution in [0, 0.1) is 6.92 Å². The molecule has 0 amide bonds. The van der Waals surface area contributed by atoms with Gasteiger partial charge in [0.05, 0.1) is 12.7 Å². The van der Waals surface area contributed by atoms with Gasteiger partial charge in [0.1, 0.15) is 55.4 Å². The number of hydrogen-bond donors (Lipinski definition) is 2. The highest BCUT2D eigenvalue weighted by atomic mass is 31.1. The summed E-state index contributed by atoms with van der Waals surface area (Å²) in [6, 6.07) is 0. The highest BCUT2D eigenvalue weighted by molar-refractivity contribution is 7.33. The number of aryl methyl sites for hydroxylation is 1. The Morgan fingerprint density at radius 2 is 1.69 bits per heavy atom. The molecule has 3 aliphatic rings. The lowest BCUT2D eigenvalue weighted by atomic mass is 10.1. The first-order chi connectivity index (χ1) is 20.3. The molecule has 42 heavy (non-hydrogen) atoms. The van der Waals surface area contributed by atoms with E-state index >= 15 is 4.39 Å². The maximum Gasteiger partial charge on any atom is 0.697 e. The Labute approximate surface area is 235 Å². The van der Waals surface area contributed by atoms with Gasteiger partial charge in [-0.15, -0.1) is 18.1 Å². The van der Waals surface area contributed by atoms with Crippen LogP contribution in [0.1, 0.15) is 24.7 Å². The lowest BCUT2D eigenvalue weighted by Gasteiger charge is -2.14. The number of nitrogens with one attached hydrogen (secondary N) is 1. The minimum atomic E-state index is -2.87. The van der Waals surface area contributed by atoms with E-state index in [1.807, 2.05) is 0 Å². The third kappa shape index (κ3) is 4.77. The maximum absolute atomic E-state index is 15.7. The average molecular weight is 625 g/mol. The predicted molar refractivity (Wildman–Crippen MR) is 137 cm³/mol. The van der Waals surface area contributed by atoms with Crippen molar-refractivity contribution in [1.29, 1.82) is 0 Å². The number of H-pyrrole nitrogens is 1. The number of halogens is 1. The van der Waals surface area contributed by atoms with Crippen molar-refractivity contribution in [2.24, 2.45) is 0 Å². The van der Waals surface area contributed by atoms with E-state index in [0.717, 1.165) is 0 Å². The van der Waals surface area contributed by atoms with E-state index in [1.54, 1.807) is 11.5 Å². The molecule has 4 aromatic rings. The molecule has 0 bridgehead atoms. The zero-order valence-electron chi connectivity index (χ0n) is 21.5. The van der Waals surface area contributed by atoms with Crippen LogP contribution < -0.4 is 11.3 Å². The Morgan fingerprint density at radius 3 is 2.52 bits per heavy atom. The van der Waals surface area contributed by atoms with Crippen molar-refractivity contribution in [2.75, 3.05) is 18.9 Å². The van der Waals surface area contributed by atoms with Gasteiger partial charge in [-0.05, 0) is 6.92 Å². The van der Waals surface area contributed by atoms with Gasteiger partial charge in [-0.25, -0.2) is 29.3 Å². The number of nitrogens with two attached hydrogens (primary N) is 1. The molecule has 220 valence electrons. The minimum absolute atomic E-state index is 0.0973. The van der Waals surface area contributed by atoms with Gasteiger partial charge < -0.3 is 20.2 Å². The van der Waals surface area contributed by atoms with Gasteiger partial charge in [0, 0.05) is 15.6 Å². The Hall–Kier alpha value is -3.41. The summed E-state index contributed by atoms with van der Waals surface area (Å²) in [6.45, 7) is 0.880. The number of nitrogen functional groups attached to an aromatic ring is 1. The van der Waals surface area contributed by atoms with Gasteiger partial charge in [0.25, 0.3) is 5.56 Å². The largest absolute Gasteiger partial charge is 0.697 e. The number of rotatable bonds is 2. The van der Waals surface area contributed by atoms with Crippen molar-refractivity contribution in [1.82, 2.24) is 39.0 Å².